The standard InChI is InChI=1S/C14H26N2S/c1-6-16(9-11(2)3)10-13-7-14(8-15-5)17-12(13)4/h7,11,15H,6,8-10H2,1-5H3. The van der Waals surface area contributed by atoms with E-state index in [1.807, 2.05) is 18.4 Å². The fourth-order valence-corrected chi connectivity index (χ4v) is 3.13. The van der Waals surface area contributed by atoms with Crippen LogP contribution in [0.5, 0.6) is 0 Å². The van der Waals surface area contributed by atoms with Crippen LogP contribution in [0.25, 0.3) is 0 Å². The number of nitrogens with one attached hydrogen (secondary N) is 1. The molecule has 1 aromatic rings. The van der Waals surface area contributed by atoms with Gasteiger partial charge >= 0.3 is 0 Å². The molecule has 0 saturated heterocycles. The highest BCUT2D eigenvalue weighted by Gasteiger charge is 2.10. The van der Waals surface area contributed by atoms with Crippen molar-refractivity contribution in [2.24, 2.45) is 5.92 Å². The van der Waals surface area contributed by atoms with Gasteiger partial charge in [-0.2, -0.15) is 0 Å². The van der Waals surface area contributed by atoms with Crippen LogP contribution in [0.15, 0.2) is 6.07 Å². The molecule has 0 spiro atoms. The number of nitrogens with zero attached hydrogens (tertiary/aromatic N) is 1. The molecule has 1 N–H and O–H groups in total. The van der Waals surface area contributed by atoms with Gasteiger partial charge in [0.15, 0.2) is 0 Å². The van der Waals surface area contributed by atoms with Crippen LogP contribution in [0.4, 0.5) is 0 Å². The number of hydrogen-bond donors (Lipinski definition) is 1. The van der Waals surface area contributed by atoms with E-state index in [2.05, 4.69) is 44.0 Å². The Morgan fingerprint density at radius 1 is 1.41 bits per heavy atom. The highest BCUT2D eigenvalue weighted by molar-refractivity contribution is 7.12. The Bertz CT molecular complexity index is 331. The molecule has 0 saturated carbocycles. The zero-order valence-corrected chi connectivity index (χ0v) is 12.7. The van der Waals surface area contributed by atoms with E-state index in [0.717, 1.165) is 25.6 Å². The average Bonchev–Trinajstić information content (AvgIpc) is 2.58. The Morgan fingerprint density at radius 2 is 2.12 bits per heavy atom. The van der Waals surface area contributed by atoms with Gasteiger partial charge in [0.25, 0.3) is 0 Å². The molecule has 17 heavy (non-hydrogen) atoms. The molecule has 0 radical (unpaired) electrons. The van der Waals surface area contributed by atoms with E-state index in [0.29, 0.717) is 0 Å². The predicted molar refractivity (Wildman–Crippen MR) is 77.6 cm³/mol. The van der Waals surface area contributed by atoms with Gasteiger partial charge in [-0.15, -0.1) is 11.3 Å². The van der Waals surface area contributed by atoms with Gasteiger partial charge in [-0.3, -0.25) is 4.90 Å². The normalized spacial score (nSPS) is 11.7. The molecular formula is C14H26N2S. The highest BCUT2D eigenvalue weighted by atomic mass is 32.1. The molecule has 0 aliphatic rings. The van der Waals surface area contributed by atoms with Gasteiger partial charge in [0, 0.05) is 29.4 Å². The van der Waals surface area contributed by atoms with Crippen LogP contribution in [0.2, 0.25) is 0 Å². The minimum atomic E-state index is 0.741. The van der Waals surface area contributed by atoms with Crippen molar-refractivity contribution in [1.82, 2.24) is 10.2 Å². The first-order chi connectivity index (χ1) is 8.06. The molecule has 0 bridgehead atoms. The predicted octanol–water partition coefficient (Wildman–Crippen LogP) is 3.25. The molecule has 1 aromatic heterocycles. The fraction of sp³-hybridized carbons (Fsp3) is 0.714. The molecule has 1 heterocycles. The van der Waals surface area contributed by atoms with Gasteiger partial charge < -0.3 is 5.32 Å². The van der Waals surface area contributed by atoms with Crippen molar-refractivity contribution in [1.29, 1.82) is 0 Å². The minimum absolute atomic E-state index is 0.741. The lowest BCUT2D eigenvalue weighted by Crippen LogP contribution is -2.27. The van der Waals surface area contributed by atoms with Gasteiger partial charge in [0.2, 0.25) is 0 Å². The zero-order chi connectivity index (χ0) is 12.8. The van der Waals surface area contributed by atoms with Crippen molar-refractivity contribution in [3.05, 3.63) is 21.4 Å². The molecule has 2 nitrogen and oxygen atoms in total. The topological polar surface area (TPSA) is 15.3 Å². The molecule has 0 aromatic carbocycles. The fourth-order valence-electron chi connectivity index (χ4n) is 2.07. The number of rotatable bonds is 7. The Labute approximate surface area is 110 Å². The first-order valence-electron chi connectivity index (χ1n) is 6.51. The Morgan fingerprint density at radius 3 is 2.65 bits per heavy atom. The monoisotopic (exact) mass is 254 g/mol. The van der Waals surface area contributed by atoms with Gasteiger partial charge in [0.05, 0.1) is 0 Å². The number of hydrogen-bond acceptors (Lipinski definition) is 3. The van der Waals surface area contributed by atoms with Crippen molar-refractivity contribution >= 4 is 11.3 Å². The van der Waals surface area contributed by atoms with Crippen molar-refractivity contribution < 1.29 is 0 Å². The van der Waals surface area contributed by atoms with Crippen LogP contribution in [-0.2, 0) is 13.1 Å². The van der Waals surface area contributed by atoms with Crippen molar-refractivity contribution in [2.45, 2.75) is 40.8 Å². The zero-order valence-electron chi connectivity index (χ0n) is 11.8. The Hall–Kier alpha value is -0.380. The van der Waals surface area contributed by atoms with Crippen LogP contribution in [0.1, 0.15) is 36.1 Å². The summed E-state index contributed by atoms with van der Waals surface area (Å²) in [5, 5.41) is 3.22. The summed E-state index contributed by atoms with van der Waals surface area (Å²) in [4.78, 5) is 5.45. The molecule has 0 fully saturated rings. The van der Waals surface area contributed by atoms with E-state index < -0.39 is 0 Å². The number of aryl methyl sites for hydroxylation is 1. The molecule has 0 amide bonds. The number of thiophene rings is 1. The van der Waals surface area contributed by atoms with Gasteiger partial charge in [-0.05, 0) is 38.1 Å². The van der Waals surface area contributed by atoms with E-state index in [1.54, 1.807) is 0 Å². The maximum absolute atomic E-state index is 3.22. The van der Waals surface area contributed by atoms with Crippen LogP contribution in [0.3, 0.4) is 0 Å². The molecule has 3 heteroatoms. The Balaban J connectivity index is 2.65. The summed E-state index contributed by atoms with van der Waals surface area (Å²) >= 11 is 1.92. The quantitative estimate of drug-likeness (QED) is 0.803. The first kappa shape index (κ1) is 14.7. The molecule has 0 aliphatic heterocycles. The maximum atomic E-state index is 3.22. The van der Waals surface area contributed by atoms with Crippen molar-refractivity contribution in [3.63, 3.8) is 0 Å². The van der Waals surface area contributed by atoms with Crippen LogP contribution in [0, 0.1) is 12.8 Å². The van der Waals surface area contributed by atoms with Crippen molar-refractivity contribution in [2.75, 3.05) is 20.1 Å². The van der Waals surface area contributed by atoms with Crippen molar-refractivity contribution in [3.8, 4) is 0 Å². The summed E-state index contributed by atoms with van der Waals surface area (Å²) in [6, 6.07) is 2.36. The summed E-state index contributed by atoms with van der Waals surface area (Å²) in [5.41, 5.74) is 1.50. The van der Waals surface area contributed by atoms with Crippen LogP contribution < -0.4 is 5.32 Å². The van der Waals surface area contributed by atoms with E-state index >= 15 is 0 Å². The lowest BCUT2D eigenvalue weighted by atomic mass is 10.1. The second-order valence-corrected chi connectivity index (χ2v) is 6.39. The molecule has 0 atom stereocenters. The molecule has 1 rings (SSSR count). The van der Waals surface area contributed by atoms with Crippen LogP contribution >= 0.6 is 11.3 Å². The van der Waals surface area contributed by atoms with E-state index in [9.17, 15) is 0 Å². The third-order valence-electron chi connectivity index (χ3n) is 2.89. The third kappa shape index (κ3) is 4.78. The summed E-state index contributed by atoms with van der Waals surface area (Å²) in [5.74, 6) is 0.741. The second-order valence-electron chi connectivity index (χ2n) is 5.05. The highest BCUT2D eigenvalue weighted by Crippen LogP contribution is 2.23. The van der Waals surface area contributed by atoms with E-state index in [1.165, 1.54) is 21.9 Å². The van der Waals surface area contributed by atoms with Gasteiger partial charge in [-0.25, -0.2) is 0 Å². The average molecular weight is 254 g/mol. The largest absolute Gasteiger partial charge is 0.315 e. The summed E-state index contributed by atoms with van der Waals surface area (Å²) in [6.07, 6.45) is 0. The molecule has 0 aliphatic carbocycles. The third-order valence-corrected chi connectivity index (χ3v) is 3.98. The summed E-state index contributed by atoms with van der Waals surface area (Å²) in [6.45, 7) is 13.5. The molecular weight excluding hydrogens is 228 g/mol. The van der Waals surface area contributed by atoms with E-state index in [-0.39, 0.29) is 0 Å². The second kappa shape index (κ2) is 7.14. The molecule has 0 unspecified atom stereocenters. The van der Waals surface area contributed by atoms with Gasteiger partial charge in [0.1, 0.15) is 0 Å². The SMILES string of the molecule is CCN(Cc1cc(CNC)sc1C)CC(C)C. The summed E-state index contributed by atoms with van der Waals surface area (Å²) < 4.78 is 0. The smallest absolute Gasteiger partial charge is 0.0296 e. The first-order valence-corrected chi connectivity index (χ1v) is 7.33. The van der Waals surface area contributed by atoms with Gasteiger partial charge in [-0.1, -0.05) is 20.8 Å². The lowest BCUT2D eigenvalue weighted by molar-refractivity contribution is 0.248. The molecule has 98 valence electrons. The minimum Gasteiger partial charge on any atom is -0.315 e. The van der Waals surface area contributed by atoms with E-state index in [4.69, 9.17) is 0 Å². The lowest BCUT2D eigenvalue weighted by Gasteiger charge is -2.22. The van der Waals surface area contributed by atoms with Crippen LogP contribution in [-0.4, -0.2) is 25.0 Å². The Kier molecular flexibility index (Phi) is 6.17. The summed E-state index contributed by atoms with van der Waals surface area (Å²) in [7, 11) is 2.01. The maximum Gasteiger partial charge on any atom is 0.0296 e.